The molecule has 40 valence electrons. The lowest BCUT2D eigenvalue weighted by Crippen LogP contribution is -2.01. The highest BCUT2D eigenvalue weighted by Gasteiger charge is 1.65. The molecule has 0 aliphatic carbocycles. The van der Waals surface area contributed by atoms with Crippen molar-refractivity contribution in [3.8, 4) is 0 Å². The lowest BCUT2D eigenvalue weighted by atomic mass is 10.7. The summed E-state index contributed by atoms with van der Waals surface area (Å²) >= 11 is 0. The standard InChI is InChI=1S/C4H9N3/c1-6-4-7-3-2-5/h2-3,5H2,1H3. The lowest BCUT2D eigenvalue weighted by molar-refractivity contribution is 0.980. The van der Waals surface area contributed by atoms with Crippen molar-refractivity contribution in [1.29, 1.82) is 0 Å². The molecule has 7 heavy (non-hydrogen) atoms. The molecule has 0 radical (unpaired) electrons. The predicted octanol–water partition coefficient (Wildman–Crippen LogP) is -0.251. The van der Waals surface area contributed by atoms with Gasteiger partial charge < -0.3 is 5.73 Å². The summed E-state index contributed by atoms with van der Waals surface area (Å²) in [6.45, 7) is 1.19. The zero-order chi connectivity index (χ0) is 5.54. The zero-order valence-electron chi connectivity index (χ0n) is 4.39. The fourth-order valence-electron chi connectivity index (χ4n) is 0.185. The Hall–Kier alpha value is -0.660. The summed E-state index contributed by atoms with van der Waals surface area (Å²) in [5.41, 5.74) is 5.09. The van der Waals surface area contributed by atoms with E-state index in [2.05, 4.69) is 16.0 Å². The molecule has 0 rings (SSSR count). The first-order chi connectivity index (χ1) is 3.41. The third-order valence-corrected chi connectivity index (χ3v) is 0.412. The highest BCUT2D eigenvalue weighted by atomic mass is 14.8. The highest BCUT2D eigenvalue weighted by molar-refractivity contribution is 5.40. The second kappa shape index (κ2) is 5.34. The van der Waals surface area contributed by atoms with Crippen molar-refractivity contribution in [2.45, 2.75) is 0 Å². The molecule has 0 aliphatic rings. The molecule has 2 N–H and O–H groups in total. The molecule has 0 fully saturated rings. The zero-order valence-corrected chi connectivity index (χ0v) is 4.39. The Morgan fingerprint density at radius 1 is 1.71 bits per heavy atom. The molecule has 0 aliphatic heterocycles. The average Bonchev–Trinajstić information content (AvgIpc) is 1.69. The van der Waals surface area contributed by atoms with Gasteiger partial charge in [-0.3, -0.25) is 0 Å². The van der Waals surface area contributed by atoms with E-state index in [0.717, 1.165) is 0 Å². The Morgan fingerprint density at radius 3 is 2.86 bits per heavy atom. The Labute approximate surface area is 43.0 Å². The molecular formula is C4H9N3. The lowest BCUT2D eigenvalue weighted by Gasteiger charge is -1.75. The molecule has 0 heterocycles. The van der Waals surface area contributed by atoms with Gasteiger partial charge in [-0.15, -0.1) is 0 Å². The summed E-state index contributed by atoms with van der Waals surface area (Å²) in [5.74, 6) is 0. The largest absolute Gasteiger partial charge is 0.329 e. The second-order valence-corrected chi connectivity index (χ2v) is 0.994. The molecule has 0 unspecified atom stereocenters. The van der Waals surface area contributed by atoms with Gasteiger partial charge in [-0.05, 0) is 0 Å². The van der Waals surface area contributed by atoms with Crippen LogP contribution in [0.4, 0.5) is 0 Å². The first-order valence-electron chi connectivity index (χ1n) is 2.12. The van der Waals surface area contributed by atoms with Crippen molar-refractivity contribution in [3.63, 3.8) is 0 Å². The normalized spacial score (nSPS) is 7.14. The van der Waals surface area contributed by atoms with E-state index in [0.29, 0.717) is 13.1 Å². The van der Waals surface area contributed by atoms with Gasteiger partial charge in [0.25, 0.3) is 0 Å². The highest BCUT2D eigenvalue weighted by Crippen LogP contribution is 1.56. The number of nitrogens with zero attached hydrogens (tertiary/aromatic N) is 2. The van der Waals surface area contributed by atoms with E-state index < -0.39 is 0 Å². The molecule has 0 aromatic carbocycles. The van der Waals surface area contributed by atoms with Crippen LogP contribution in [0.3, 0.4) is 0 Å². The van der Waals surface area contributed by atoms with Crippen LogP contribution in [0.1, 0.15) is 0 Å². The number of aliphatic imine (C=N–C) groups is 2. The summed E-state index contributed by atoms with van der Waals surface area (Å²) < 4.78 is 0. The van der Waals surface area contributed by atoms with Crippen LogP contribution in [-0.2, 0) is 0 Å². The molecule has 0 amide bonds. The van der Waals surface area contributed by atoms with Crippen molar-refractivity contribution in [2.75, 3.05) is 20.1 Å². The minimum Gasteiger partial charge on any atom is -0.329 e. The summed E-state index contributed by atoms with van der Waals surface area (Å²) in [4.78, 5) is 7.17. The molecule has 0 saturated heterocycles. The Balaban J connectivity index is 3.10. The van der Waals surface area contributed by atoms with Crippen molar-refractivity contribution in [3.05, 3.63) is 0 Å². The number of hydrogen-bond donors (Lipinski definition) is 1. The third-order valence-electron chi connectivity index (χ3n) is 0.412. The van der Waals surface area contributed by atoms with Crippen LogP contribution < -0.4 is 5.73 Å². The quantitative estimate of drug-likeness (QED) is 0.477. The predicted molar refractivity (Wildman–Crippen MR) is 29.7 cm³/mol. The topological polar surface area (TPSA) is 50.7 Å². The van der Waals surface area contributed by atoms with Gasteiger partial charge in [-0.2, -0.15) is 0 Å². The fourth-order valence-corrected chi connectivity index (χ4v) is 0.185. The summed E-state index contributed by atoms with van der Waals surface area (Å²) in [5, 5.41) is 0. The van der Waals surface area contributed by atoms with Gasteiger partial charge in [-0.1, -0.05) is 0 Å². The van der Waals surface area contributed by atoms with Crippen molar-refractivity contribution in [2.24, 2.45) is 15.7 Å². The Morgan fingerprint density at radius 2 is 2.43 bits per heavy atom. The van der Waals surface area contributed by atoms with E-state index in [1.807, 2.05) is 0 Å². The minimum absolute atomic E-state index is 0.572. The third kappa shape index (κ3) is 5.34. The monoisotopic (exact) mass is 99.1 g/mol. The van der Waals surface area contributed by atoms with Crippen LogP contribution in [-0.4, -0.2) is 26.1 Å². The Kier molecular flexibility index (Phi) is 4.84. The average molecular weight is 99.1 g/mol. The van der Waals surface area contributed by atoms with Crippen LogP contribution >= 0.6 is 0 Å². The minimum atomic E-state index is 0.572. The van der Waals surface area contributed by atoms with Gasteiger partial charge in [-0.25, -0.2) is 9.98 Å². The molecule has 0 aromatic heterocycles. The van der Waals surface area contributed by atoms with E-state index in [4.69, 9.17) is 5.73 Å². The number of hydrogen-bond acceptors (Lipinski definition) is 3. The van der Waals surface area contributed by atoms with E-state index in [9.17, 15) is 0 Å². The van der Waals surface area contributed by atoms with Gasteiger partial charge in [0.05, 0.1) is 12.6 Å². The molecule has 0 saturated carbocycles. The van der Waals surface area contributed by atoms with Crippen molar-refractivity contribution in [1.82, 2.24) is 0 Å². The summed E-state index contributed by atoms with van der Waals surface area (Å²) in [7, 11) is 1.63. The fraction of sp³-hybridized carbons (Fsp3) is 0.750. The smallest absolute Gasteiger partial charge is 0.0890 e. The molecular weight excluding hydrogens is 90.1 g/mol. The molecule has 3 nitrogen and oxygen atoms in total. The molecule has 0 aromatic rings. The molecule has 0 atom stereocenters. The number of rotatable bonds is 2. The van der Waals surface area contributed by atoms with Gasteiger partial charge in [0.2, 0.25) is 0 Å². The van der Waals surface area contributed by atoms with Crippen LogP contribution in [0, 0.1) is 0 Å². The van der Waals surface area contributed by atoms with E-state index in [-0.39, 0.29) is 0 Å². The van der Waals surface area contributed by atoms with Crippen molar-refractivity contribution >= 4 is 6.01 Å². The van der Waals surface area contributed by atoms with Crippen molar-refractivity contribution < 1.29 is 0 Å². The summed E-state index contributed by atoms with van der Waals surface area (Å²) in [6.07, 6.45) is 0. The van der Waals surface area contributed by atoms with Gasteiger partial charge in [0.15, 0.2) is 0 Å². The van der Waals surface area contributed by atoms with Crippen LogP contribution in [0.5, 0.6) is 0 Å². The maximum absolute atomic E-state index is 5.09. The summed E-state index contributed by atoms with van der Waals surface area (Å²) in [6, 6.07) is 2.42. The first-order valence-corrected chi connectivity index (χ1v) is 2.12. The molecule has 0 spiro atoms. The van der Waals surface area contributed by atoms with Gasteiger partial charge in [0, 0.05) is 13.6 Å². The molecule has 3 heteroatoms. The second-order valence-electron chi connectivity index (χ2n) is 0.994. The van der Waals surface area contributed by atoms with E-state index >= 15 is 0 Å². The van der Waals surface area contributed by atoms with Gasteiger partial charge >= 0.3 is 0 Å². The van der Waals surface area contributed by atoms with Crippen LogP contribution in [0.2, 0.25) is 0 Å². The van der Waals surface area contributed by atoms with E-state index in [1.54, 1.807) is 7.05 Å². The Bertz CT molecular complexity index is 80.9. The first kappa shape index (κ1) is 6.34. The van der Waals surface area contributed by atoms with Crippen LogP contribution in [0.15, 0.2) is 9.98 Å². The molecule has 0 bridgehead atoms. The van der Waals surface area contributed by atoms with Crippen LogP contribution in [0.25, 0.3) is 0 Å². The SMILES string of the molecule is CN=C=NCCN. The van der Waals surface area contributed by atoms with E-state index in [1.165, 1.54) is 0 Å². The van der Waals surface area contributed by atoms with Gasteiger partial charge in [0.1, 0.15) is 0 Å². The number of nitrogens with two attached hydrogens (primary N) is 1. The maximum Gasteiger partial charge on any atom is 0.0890 e. The maximum atomic E-state index is 5.09.